The molecule has 1 heterocycles. The third-order valence-corrected chi connectivity index (χ3v) is 7.27. The summed E-state index contributed by atoms with van der Waals surface area (Å²) in [5.74, 6) is 0. The van der Waals surface area contributed by atoms with Crippen LogP contribution in [0.1, 0.15) is 33.1 Å². The molecule has 0 spiro atoms. The van der Waals surface area contributed by atoms with Crippen LogP contribution in [0.15, 0.2) is 24.3 Å². The predicted octanol–water partition coefficient (Wildman–Crippen LogP) is 3.92. The second-order valence-corrected chi connectivity index (χ2v) is 7.02. The van der Waals surface area contributed by atoms with Crippen LogP contribution in [0.2, 0.25) is 0 Å². The van der Waals surface area contributed by atoms with Crippen LogP contribution < -0.4 is 0 Å². The minimum absolute atomic E-state index is 0.300. The normalized spacial score (nSPS) is 38.2. The van der Waals surface area contributed by atoms with Gasteiger partial charge in [0.25, 0.3) is 0 Å². The second kappa shape index (κ2) is 3.96. The summed E-state index contributed by atoms with van der Waals surface area (Å²) < 4.78 is 0. The minimum atomic E-state index is 0.300. The van der Waals surface area contributed by atoms with Crippen LogP contribution in [0.25, 0.3) is 0 Å². The maximum Gasteiger partial charge on any atom is 0.0161 e. The summed E-state index contributed by atoms with van der Waals surface area (Å²) in [6.07, 6.45) is 13.6. The molecule has 1 fully saturated rings. The highest BCUT2D eigenvalue weighted by Crippen LogP contribution is 2.65. The molecule has 0 aromatic rings. The highest BCUT2D eigenvalue weighted by atomic mass is 31.1. The van der Waals surface area contributed by atoms with E-state index in [-0.39, 0.29) is 0 Å². The van der Waals surface area contributed by atoms with Gasteiger partial charge in [-0.05, 0) is 30.6 Å². The monoisotopic (exact) mass is 194 g/mol. The largest absolute Gasteiger partial charge is 0.0893 e. The molecule has 0 N–H and O–H groups in total. The lowest BCUT2D eigenvalue weighted by Gasteiger charge is -2.47. The van der Waals surface area contributed by atoms with Crippen LogP contribution in [-0.4, -0.2) is 17.0 Å². The second-order valence-electron chi connectivity index (χ2n) is 4.07. The molecule has 0 nitrogen and oxygen atoms in total. The summed E-state index contributed by atoms with van der Waals surface area (Å²) in [6, 6.07) is 0. The van der Waals surface area contributed by atoms with Crippen molar-refractivity contribution in [2.45, 2.75) is 50.1 Å². The molecule has 1 aliphatic heterocycles. The molecule has 1 aliphatic carbocycles. The van der Waals surface area contributed by atoms with Crippen molar-refractivity contribution in [3.8, 4) is 0 Å². The van der Waals surface area contributed by atoms with Crippen molar-refractivity contribution in [2.75, 3.05) is 0 Å². The lowest BCUT2D eigenvalue weighted by Crippen LogP contribution is -2.33. The zero-order valence-corrected chi connectivity index (χ0v) is 9.50. The van der Waals surface area contributed by atoms with E-state index < -0.39 is 0 Å². The molecule has 0 radical (unpaired) electrons. The fourth-order valence-electron chi connectivity index (χ4n) is 2.58. The van der Waals surface area contributed by atoms with Gasteiger partial charge in [-0.15, -0.1) is 0 Å². The van der Waals surface area contributed by atoms with Gasteiger partial charge < -0.3 is 0 Å². The van der Waals surface area contributed by atoms with E-state index >= 15 is 0 Å². The number of allylic oxidation sites excluding steroid dienone is 4. The molecule has 0 aromatic heterocycles. The van der Waals surface area contributed by atoms with Crippen molar-refractivity contribution in [3.05, 3.63) is 24.3 Å². The maximum absolute atomic E-state index is 2.41. The number of hydrogen-bond acceptors (Lipinski definition) is 0. The highest BCUT2D eigenvalue weighted by molar-refractivity contribution is 7.62. The van der Waals surface area contributed by atoms with Crippen molar-refractivity contribution in [1.29, 1.82) is 0 Å². The van der Waals surface area contributed by atoms with Gasteiger partial charge in [-0.1, -0.05) is 46.1 Å². The van der Waals surface area contributed by atoms with Crippen molar-refractivity contribution >= 4 is 7.92 Å². The van der Waals surface area contributed by atoms with Gasteiger partial charge in [-0.3, -0.25) is 0 Å². The molecule has 2 rings (SSSR count). The molecule has 0 saturated carbocycles. The Labute approximate surface area is 82.9 Å². The van der Waals surface area contributed by atoms with Crippen molar-refractivity contribution in [1.82, 2.24) is 0 Å². The summed E-state index contributed by atoms with van der Waals surface area (Å²) >= 11 is 0. The summed E-state index contributed by atoms with van der Waals surface area (Å²) in [4.78, 5) is 0. The molecule has 2 unspecified atom stereocenters. The van der Waals surface area contributed by atoms with Crippen LogP contribution in [0, 0.1) is 0 Å². The van der Waals surface area contributed by atoms with Crippen LogP contribution in [0.3, 0.4) is 0 Å². The van der Waals surface area contributed by atoms with E-state index in [4.69, 9.17) is 0 Å². The number of hydrogen-bond donors (Lipinski definition) is 0. The Hall–Kier alpha value is -0.0900. The molecular formula is C12H19P. The molecule has 2 aliphatic rings. The Morgan fingerprint density at radius 2 is 1.62 bits per heavy atom. The predicted molar refractivity (Wildman–Crippen MR) is 61.8 cm³/mol. The SMILES string of the molecule is CCC1C[C@@H](CC)P1C1C=CC=C1. The first kappa shape index (κ1) is 9.46. The van der Waals surface area contributed by atoms with Gasteiger partial charge >= 0.3 is 0 Å². The van der Waals surface area contributed by atoms with Gasteiger partial charge in [0.15, 0.2) is 0 Å². The van der Waals surface area contributed by atoms with Crippen LogP contribution >= 0.6 is 7.92 Å². The van der Waals surface area contributed by atoms with E-state index in [0.717, 1.165) is 17.0 Å². The first-order valence-electron chi connectivity index (χ1n) is 5.49. The average Bonchev–Trinajstić information content (AvgIpc) is 2.57. The summed E-state index contributed by atoms with van der Waals surface area (Å²) in [7, 11) is 0.300. The Kier molecular flexibility index (Phi) is 2.89. The van der Waals surface area contributed by atoms with Crippen LogP contribution in [0.5, 0.6) is 0 Å². The fourth-order valence-corrected chi connectivity index (χ4v) is 6.19. The lowest BCUT2D eigenvalue weighted by molar-refractivity contribution is 0.600. The number of rotatable bonds is 3. The van der Waals surface area contributed by atoms with Gasteiger partial charge in [0.2, 0.25) is 0 Å². The standard InChI is InChI=1S/C12H19P/c1-3-10-9-11(4-2)13(10)12-7-5-6-8-12/h5-8,10-12H,3-4,9H2,1-2H3/t10-,11?,13?/m1/s1. The topological polar surface area (TPSA) is 0 Å². The lowest BCUT2D eigenvalue weighted by atomic mass is 10.1. The van der Waals surface area contributed by atoms with Gasteiger partial charge in [0.05, 0.1) is 0 Å². The van der Waals surface area contributed by atoms with Gasteiger partial charge in [0.1, 0.15) is 0 Å². The summed E-state index contributed by atoms with van der Waals surface area (Å²) in [5, 5.41) is 0. The Morgan fingerprint density at radius 3 is 2.08 bits per heavy atom. The first-order valence-corrected chi connectivity index (χ1v) is 7.04. The molecule has 0 bridgehead atoms. The summed E-state index contributed by atoms with van der Waals surface area (Å²) in [5.41, 5.74) is 2.97. The minimum Gasteiger partial charge on any atom is -0.0893 e. The van der Waals surface area contributed by atoms with E-state index in [0.29, 0.717) is 7.92 Å². The average molecular weight is 194 g/mol. The van der Waals surface area contributed by atoms with Gasteiger partial charge in [-0.2, -0.15) is 0 Å². The van der Waals surface area contributed by atoms with Gasteiger partial charge in [0, 0.05) is 5.66 Å². The van der Waals surface area contributed by atoms with Crippen LogP contribution in [-0.2, 0) is 0 Å². The molecule has 3 atom stereocenters. The van der Waals surface area contributed by atoms with E-state index in [1.54, 1.807) is 0 Å². The first-order chi connectivity index (χ1) is 6.36. The maximum atomic E-state index is 2.41. The molecule has 13 heavy (non-hydrogen) atoms. The smallest absolute Gasteiger partial charge is 0.0161 e. The van der Waals surface area contributed by atoms with E-state index in [1.165, 1.54) is 19.3 Å². The molecule has 0 amide bonds. The Balaban J connectivity index is 2.01. The van der Waals surface area contributed by atoms with E-state index in [2.05, 4.69) is 38.2 Å². The third kappa shape index (κ3) is 1.62. The van der Waals surface area contributed by atoms with E-state index in [9.17, 15) is 0 Å². The molecule has 1 heteroatoms. The molecule has 72 valence electrons. The Morgan fingerprint density at radius 1 is 1.08 bits per heavy atom. The van der Waals surface area contributed by atoms with E-state index in [1.807, 2.05) is 0 Å². The zero-order valence-electron chi connectivity index (χ0n) is 8.61. The van der Waals surface area contributed by atoms with Crippen molar-refractivity contribution < 1.29 is 0 Å². The van der Waals surface area contributed by atoms with Crippen molar-refractivity contribution in [3.63, 3.8) is 0 Å². The molecule has 0 aromatic carbocycles. The zero-order chi connectivity index (χ0) is 9.26. The third-order valence-electron chi connectivity index (χ3n) is 3.40. The molecular weight excluding hydrogens is 175 g/mol. The van der Waals surface area contributed by atoms with Crippen molar-refractivity contribution in [2.24, 2.45) is 0 Å². The quantitative estimate of drug-likeness (QED) is 0.597. The summed E-state index contributed by atoms with van der Waals surface area (Å²) in [6.45, 7) is 4.71. The van der Waals surface area contributed by atoms with Gasteiger partial charge in [-0.25, -0.2) is 0 Å². The molecule has 1 saturated heterocycles. The fraction of sp³-hybridized carbons (Fsp3) is 0.667. The Bertz CT molecular complexity index is 207. The van der Waals surface area contributed by atoms with Crippen LogP contribution in [0.4, 0.5) is 0 Å². The highest BCUT2D eigenvalue weighted by Gasteiger charge is 2.41.